The Morgan fingerprint density at radius 1 is 0.923 bits per heavy atom. The molecule has 1 aromatic heterocycles. The molecule has 0 bridgehead atoms. The van der Waals surface area contributed by atoms with Crippen LogP contribution in [0, 0.1) is 0 Å². The van der Waals surface area contributed by atoms with Gasteiger partial charge in [0.05, 0.1) is 13.2 Å². The van der Waals surface area contributed by atoms with Gasteiger partial charge < -0.3 is 19.9 Å². The first-order valence-corrected chi connectivity index (χ1v) is 14.9. The summed E-state index contributed by atoms with van der Waals surface area (Å²) < 4.78 is 7.98. The van der Waals surface area contributed by atoms with Gasteiger partial charge in [-0.1, -0.05) is 76.9 Å². The van der Waals surface area contributed by atoms with Gasteiger partial charge in [0.2, 0.25) is 0 Å². The third-order valence-corrected chi connectivity index (χ3v) is 8.88. The fourth-order valence-electron chi connectivity index (χ4n) is 6.62. The molecule has 1 saturated heterocycles. The monoisotopic (exact) mass is 530 g/mol. The molecule has 1 aliphatic heterocycles. The maximum Gasteiger partial charge on any atom is 0.319 e. The van der Waals surface area contributed by atoms with Gasteiger partial charge in [-0.15, -0.1) is 0 Å². The van der Waals surface area contributed by atoms with Gasteiger partial charge >= 0.3 is 6.03 Å². The van der Waals surface area contributed by atoms with Crippen LogP contribution in [0.5, 0.6) is 0 Å². The van der Waals surface area contributed by atoms with Gasteiger partial charge in [0, 0.05) is 60.9 Å². The fraction of sp³-hybridized carbons (Fsp3) is 0.545. The highest BCUT2D eigenvalue weighted by Crippen LogP contribution is 2.44. The second kappa shape index (κ2) is 12.1. The van der Waals surface area contributed by atoms with Crippen LogP contribution < -0.4 is 10.6 Å². The first-order chi connectivity index (χ1) is 18.9. The molecule has 1 aliphatic carbocycles. The lowest BCUT2D eigenvalue weighted by molar-refractivity contribution is 0.0365. The van der Waals surface area contributed by atoms with Crippen molar-refractivity contribution < 1.29 is 9.53 Å². The molecule has 2 aromatic carbocycles. The van der Waals surface area contributed by atoms with Crippen molar-refractivity contribution in [1.29, 1.82) is 0 Å². The van der Waals surface area contributed by atoms with Crippen LogP contribution in [0.4, 0.5) is 10.5 Å². The Morgan fingerprint density at radius 3 is 2.26 bits per heavy atom. The minimum absolute atomic E-state index is 0.0421. The normalized spacial score (nSPS) is 17.8. The van der Waals surface area contributed by atoms with E-state index in [1.807, 2.05) is 0 Å². The van der Waals surface area contributed by atoms with E-state index in [0.717, 1.165) is 57.9 Å². The molecule has 0 radical (unpaired) electrons. The number of nitrogens with one attached hydrogen (secondary N) is 2. The Balaban J connectivity index is 1.36. The van der Waals surface area contributed by atoms with Gasteiger partial charge in [0.1, 0.15) is 0 Å². The minimum atomic E-state index is -0.104. The number of morpholine rings is 1. The van der Waals surface area contributed by atoms with Crippen LogP contribution in [0.2, 0.25) is 0 Å². The number of amides is 2. The summed E-state index contributed by atoms with van der Waals surface area (Å²) in [5.74, 6) is 0.674. The number of urea groups is 1. The third kappa shape index (κ3) is 6.02. The van der Waals surface area contributed by atoms with E-state index in [9.17, 15) is 4.79 Å². The molecule has 6 nitrogen and oxygen atoms in total. The second-order valence-electron chi connectivity index (χ2n) is 12.1. The van der Waals surface area contributed by atoms with Crippen LogP contribution in [-0.4, -0.2) is 54.9 Å². The summed E-state index contributed by atoms with van der Waals surface area (Å²) in [6.45, 7) is 15.1. The standard InChI is InChI=1S/C33H46N4O2/c1-24(2)26-11-9-12-27(25(3)4)31(26)35-32(38)34-23-33(14-7-8-15-33)29-22-37(30-13-6-5-10-28(29)30)17-16-36-18-20-39-21-19-36/h5-6,9-13,22,24-25H,7-8,14-21,23H2,1-4H3,(H2,34,35,38). The Hall–Kier alpha value is -2.83. The molecule has 2 N–H and O–H groups in total. The summed E-state index contributed by atoms with van der Waals surface area (Å²) >= 11 is 0. The predicted octanol–water partition coefficient (Wildman–Crippen LogP) is 6.85. The van der Waals surface area contributed by atoms with E-state index < -0.39 is 0 Å². The summed E-state index contributed by atoms with van der Waals surface area (Å²) in [5.41, 5.74) is 6.00. The quantitative estimate of drug-likeness (QED) is 0.318. The van der Waals surface area contributed by atoms with E-state index in [1.54, 1.807) is 0 Å². The molecule has 2 amide bonds. The Morgan fingerprint density at radius 2 is 1.59 bits per heavy atom. The largest absolute Gasteiger partial charge is 0.379 e. The molecule has 0 unspecified atom stereocenters. The number of carbonyl (C=O) groups excluding carboxylic acids is 1. The summed E-state index contributed by atoms with van der Waals surface area (Å²) in [7, 11) is 0. The van der Waals surface area contributed by atoms with Gasteiger partial charge in [-0.25, -0.2) is 4.79 Å². The molecule has 3 aromatic rings. The van der Waals surface area contributed by atoms with E-state index in [0.29, 0.717) is 18.4 Å². The topological polar surface area (TPSA) is 58.5 Å². The predicted molar refractivity (Wildman–Crippen MR) is 161 cm³/mol. The van der Waals surface area contributed by atoms with Gasteiger partial charge in [0.25, 0.3) is 0 Å². The van der Waals surface area contributed by atoms with Crippen molar-refractivity contribution in [3.63, 3.8) is 0 Å². The zero-order chi connectivity index (χ0) is 27.4. The van der Waals surface area contributed by atoms with Gasteiger partial charge in [-0.05, 0) is 47.4 Å². The molecule has 0 atom stereocenters. The summed E-state index contributed by atoms with van der Waals surface area (Å²) in [6, 6.07) is 15.1. The highest BCUT2D eigenvalue weighted by atomic mass is 16.5. The minimum Gasteiger partial charge on any atom is -0.379 e. The van der Waals surface area contributed by atoms with Crippen LogP contribution in [0.3, 0.4) is 0 Å². The molecule has 39 heavy (non-hydrogen) atoms. The van der Waals surface area contributed by atoms with Crippen molar-refractivity contribution >= 4 is 22.6 Å². The van der Waals surface area contributed by atoms with Crippen molar-refractivity contribution in [1.82, 2.24) is 14.8 Å². The highest BCUT2D eigenvalue weighted by molar-refractivity contribution is 5.92. The maximum atomic E-state index is 13.4. The second-order valence-corrected chi connectivity index (χ2v) is 12.1. The molecular formula is C33H46N4O2. The first kappa shape index (κ1) is 27.7. The smallest absolute Gasteiger partial charge is 0.319 e. The molecule has 6 heteroatoms. The maximum absolute atomic E-state index is 13.4. The third-order valence-electron chi connectivity index (χ3n) is 8.88. The highest BCUT2D eigenvalue weighted by Gasteiger charge is 2.38. The van der Waals surface area contributed by atoms with E-state index in [1.165, 1.54) is 40.4 Å². The van der Waals surface area contributed by atoms with E-state index in [4.69, 9.17) is 4.74 Å². The van der Waals surface area contributed by atoms with Crippen LogP contribution in [-0.2, 0) is 16.7 Å². The van der Waals surface area contributed by atoms with Crippen LogP contribution in [0.15, 0.2) is 48.7 Å². The zero-order valence-electron chi connectivity index (χ0n) is 24.3. The average molecular weight is 531 g/mol. The number of benzene rings is 2. The molecule has 210 valence electrons. The van der Waals surface area contributed by atoms with Crippen LogP contribution >= 0.6 is 0 Å². The SMILES string of the molecule is CC(C)c1cccc(C(C)C)c1NC(=O)NCC1(c2cn(CCN3CCOCC3)c3ccccc23)CCCC1. The van der Waals surface area contributed by atoms with Crippen molar-refractivity contribution in [2.45, 2.75) is 77.2 Å². The number of hydrogen-bond donors (Lipinski definition) is 2. The van der Waals surface area contributed by atoms with E-state index in [2.05, 4.69) is 96.5 Å². The summed E-state index contributed by atoms with van der Waals surface area (Å²) in [5, 5.41) is 7.91. The van der Waals surface area contributed by atoms with Gasteiger partial charge in [-0.2, -0.15) is 0 Å². The molecular weight excluding hydrogens is 484 g/mol. The molecule has 0 spiro atoms. The lowest BCUT2D eigenvalue weighted by Gasteiger charge is -2.30. The van der Waals surface area contributed by atoms with Crippen molar-refractivity contribution in [2.24, 2.45) is 0 Å². The molecule has 2 heterocycles. The fourth-order valence-corrected chi connectivity index (χ4v) is 6.62. The van der Waals surface area contributed by atoms with Crippen molar-refractivity contribution in [3.8, 4) is 0 Å². The number of aromatic nitrogens is 1. The lowest BCUT2D eigenvalue weighted by Crippen LogP contribution is -2.41. The van der Waals surface area contributed by atoms with Gasteiger partial charge in [0.15, 0.2) is 0 Å². The van der Waals surface area contributed by atoms with E-state index >= 15 is 0 Å². The van der Waals surface area contributed by atoms with Crippen LogP contribution in [0.25, 0.3) is 10.9 Å². The number of rotatable bonds is 9. The van der Waals surface area contributed by atoms with Crippen molar-refractivity contribution in [3.05, 3.63) is 65.4 Å². The number of ether oxygens (including phenoxy) is 1. The molecule has 2 fully saturated rings. The number of hydrogen-bond acceptors (Lipinski definition) is 3. The Labute approximate surface area is 234 Å². The Kier molecular flexibility index (Phi) is 8.63. The first-order valence-electron chi connectivity index (χ1n) is 14.9. The average Bonchev–Trinajstić information content (AvgIpc) is 3.57. The van der Waals surface area contributed by atoms with E-state index in [-0.39, 0.29) is 11.4 Å². The lowest BCUT2D eigenvalue weighted by atomic mass is 9.78. The molecule has 5 rings (SSSR count). The molecule has 2 aliphatic rings. The van der Waals surface area contributed by atoms with Gasteiger partial charge in [-0.3, -0.25) is 4.90 Å². The number of carbonyl (C=O) groups is 1. The zero-order valence-corrected chi connectivity index (χ0v) is 24.3. The number of nitrogens with zero attached hydrogens (tertiary/aromatic N) is 2. The molecule has 1 saturated carbocycles. The summed E-state index contributed by atoms with van der Waals surface area (Å²) in [6.07, 6.45) is 6.99. The van der Waals surface area contributed by atoms with Crippen LogP contribution in [0.1, 0.15) is 81.9 Å². The summed E-state index contributed by atoms with van der Waals surface area (Å²) in [4.78, 5) is 15.9. The number of anilines is 1. The number of fused-ring (bicyclic) bond motifs is 1. The Bertz CT molecular complexity index is 1240. The number of para-hydroxylation sites is 2. The van der Waals surface area contributed by atoms with Crippen molar-refractivity contribution in [2.75, 3.05) is 44.7 Å².